The molecule has 3 rings (SSSR count). The molecule has 0 fully saturated rings. The van der Waals surface area contributed by atoms with E-state index in [-0.39, 0.29) is 24.8 Å². The number of hydrogen-bond donors (Lipinski definition) is 2. The highest BCUT2D eigenvalue weighted by Gasteiger charge is 2.26. The molecule has 1 atom stereocenters. The van der Waals surface area contributed by atoms with Crippen LogP contribution in [0, 0.1) is 0 Å². The molecule has 0 aromatic heterocycles. The standard InChI is InChI=1S/C21H22N2.2ClH/c22-21(20-14-8-3-9-15-20,16-18-10-4-1-5-11-18)23-17-19-12-6-2-7-13-19;;/h1-15,23H,16-17,22H2;2*1H. The van der Waals surface area contributed by atoms with Crippen molar-refractivity contribution in [3.63, 3.8) is 0 Å². The first-order valence-corrected chi connectivity index (χ1v) is 7.93. The van der Waals surface area contributed by atoms with Gasteiger partial charge in [0.15, 0.2) is 0 Å². The van der Waals surface area contributed by atoms with Gasteiger partial charge in [0.05, 0.1) is 5.66 Å². The number of hydrogen-bond acceptors (Lipinski definition) is 2. The predicted molar refractivity (Wildman–Crippen MR) is 110 cm³/mol. The molecular formula is C21H24Cl2N2. The molecule has 0 bridgehead atoms. The molecule has 0 amide bonds. The Bertz CT molecular complexity index is 721. The van der Waals surface area contributed by atoms with Crippen molar-refractivity contribution < 1.29 is 0 Å². The zero-order valence-electron chi connectivity index (χ0n) is 14.0. The summed E-state index contributed by atoms with van der Waals surface area (Å²) in [7, 11) is 0. The fraction of sp³-hybridized carbons (Fsp3) is 0.143. The number of benzene rings is 3. The highest BCUT2D eigenvalue weighted by molar-refractivity contribution is 5.85. The molecule has 0 aliphatic carbocycles. The molecule has 0 aliphatic heterocycles. The summed E-state index contributed by atoms with van der Waals surface area (Å²) in [5.41, 5.74) is 9.74. The maximum atomic E-state index is 6.79. The van der Waals surface area contributed by atoms with Crippen LogP contribution in [0.5, 0.6) is 0 Å². The van der Waals surface area contributed by atoms with Gasteiger partial charge in [-0.1, -0.05) is 91.0 Å². The number of halogens is 2. The monoisotopic (exact) mass is 374 g/mol. The van der Waals surface area contributed by atoms with Gasteiger partial charge in [-0.3, -0.25) is 5.32 Å². The Hall–Kier alpha value is -1.84. The van der Waals surface area contributed by atoms with Crippen molar-refractivity contribution in [1.82, 2.24) is 5.32 Å². The van der Waals surface area contributed by atoms with Crippen molar-refractivity contribution in [2.45, 2.75) is 18.6 Å². The molecule has 3 N–H and O–H groups in total. The van der Waals surface area contributed by atoms with Crippen LogP contribution >= 0.6 is 24.8 Å². The lowest BCUT2D eigenvalue weighted by Gasteiger charge is -2.32. The Morgan fingerprint density at radius 1 is 0.640 bits per heavy atom. The maximum Gasteiger partial charge on any atom is 0.0968 e. The van der Waals surface area contributed by atoms with Crippen molar-refractivity contribution in [3.05, 3.63) is 108 Å². The SMILES string of the molecule is Cl.Cl.NC(Cc1ccccc1)(NCc1ccccc1)c1ccccc1. The molecule has 0 radical (unpaired) electrons. The highest BCUT2D eigenvalue weighted by atomic mass is 35.5. The van der Waals surface area contributed by atoms with E-state index in [1.165, 1.54) is 11.1 Å². The number of rotatable bonds is 6. The molecule has 132 valence electrons. The molecule has 3 aromatic rings. The van der Waals surface area contributed by atoms with Gasteiger partial charge in [0.25, 0.3) is 0 Å². The zero-order valence-corrected chi connectivity index (χ0v) is 15.6. The molecule has 4 heteroatoms. The summed E-state index contributed by atoms with van der Waals surface area (Å²) < 4.78 is 0. The fourth-order valence-corrected chi connectivity index (χ4v) is 2.78. The van der Waals surface area contributed by atoms with E-state index in [2.05, 4.69) is 66.0 Å². The molecule has 0 spiro atoms. The van der Waals surface area contributed by atoms with Gasteiger partial charge in [0.1, 0.15) is 0 Å². The van der Waals surface area contributed by atoms with E-state index in [4.69, 9.17) is 5.73 Å². The lowest BCUT2D eigenvalue weighted by atomic mass is 9.92. The van der Waals surface area contributed by atoms with Crippen LogP contribution in [-0.2, 0) is 18.6 Å². The first kappa shape index (κ1) is 21.2. The van der Waals surface area contributed by atoms with Crippen LogP contribution in [0.15, 0.2) is 91.0 Å². The third-order valence-corrected chi connectivity index (χ3v) is 4.07. The van der Waals surface area contributed by atoms with Gasteiger partial charge in [-0.05, 0) is 16.7 Å². The lowest BCUT2D eigenvalue weighted by Crippen LogP contribution is -2.51. The lowest BCUT2D eigenvalue weighted by molar-refractivity contribution is 0.338. The van der Waals surface area contributed by atoms with Crippen molar-refractivity contribution >= 4 is 24.8 Å². The minimum absolute atomic E-state index is 0. The van der Waals surface area contributed by atoms with Crippen molar-refractivity contribution in [2.75, 3.05) is 0 Å². The van der Waals surface area contributed by atoms with E-state index in [0.717, 1.165) is 18.5 Å². The molecule has 25 heavy (non-hydrogen) atoms. The Balaban J connectivity index is 0.00000156. The van der Waals surface area contributed by atoms with Gasteiger partial charge in [-0.25, -0.2) is 0 Å². The van der Waals surface area contributed by atoms with Gasteiger partial charge in [-0.15, -0.1) is 24.8 Å². The van der Waals surface area contributed by atoms with Crippen LogP contribution in [0.4, 0.5) is 0 Å². The second kappa shape index (κ2) is 10.2. The van der Waals surface area contributed by atoms with E-state index in [0.29, 0.717) is 0 Å². The average molecular weight is 375 g/mol. The molecule has 0 saturated carbocycles. The molecule has 0 saturated heterocycles. The Morgan fingerprint density at radius 3 is 1.60 bits per heavy atom. The van der Waals surface area contributed by atoms with Crippen molar-refractivity contribution in [2.24, 2.45) is 5.73 Å². The van der Waals surface area contributed by atoms with E-state index >= 15 is 0 Å². The Labute approximate surface area is 162 Å². The van der Waals surface area contributed by atoms with E-state index < -0.39 is 5.66 Å². The van der Waals surface area contributed by atoms with Crippen LogP contribution in [-0.4, -0.2) is 0 Å². The van der Waals surface area contributed by atoms with Gasteiger partial charge in [-0.2, -0.15) is 0 Å². The summed E-state index contributed by atoms with van der Waals surface area (Å²) >= 11 is 0. The Morgan fingerprint density at radius 2 is 1.08 bits per heavy atom. The van der Waals surface area contributed by atoms with Crippen LogP contribution in [0.25, 0.3) is 0 Å². The first-order chi connectivity index (χ1) is 11.3. The largest absolute Gasteiger partial charge is 0.309 e. The van der Waals surface area contributed by atoms with Crippen LogP contribution in [0.3, 0.4) is 0 Å². The minimum atomic E-state index is -0.599. The van der Waals surface area contributed by atoms with Gasteiger partial charge < -0.3 is 5.73 Å². The summed E-state index contributed by atoms with van der Waals surface area (Å²) in [6, 6.07) is 31.0. The summed E-state index contributed by atoms with van der Waals surface area (Å²) in [6.07, 6.45) is 0.741. The molecule has 0 heterocycles. The molecule has 3 aromatic carbocycles. The topological polar surface area (TPSA) is 38.0 Å². The van der Waals surface area contributed by atoms with Crippen molar-refractivity contribution in [1.29, 1.82) is 0 Å². The number of nitrogens with two attached hydrogens (primary N) is 1. The van der Waals surface area contributed by atoms with Crippen LogP contribution in [0.2, 0.25) is 0 Å². The highest BCUT2D eigenvalue weighted by Crippen LogP contribution is 2.21. The summed E-state index contributed by atoms with van der Waals surface area (Å²) in [5.74, 6) is 0. The summed E-state index contributed by atoms with van der Waals surface area (Å²) in [6.45, 7) is 0.735. The van der Waals surface area contributed by atoms with Gasteiger partial charge in [0.2, 0.25) is 0 Å². The van der Waals surface area contributed by atoms with E-state index in [1.807, 2.05) is 30.3 Å². The third kappa shape index (κ3) is 5.87. The second-order valence-electron chi connectivity index (χ2n) is 5.84. The van der Waals surface area contributed by atoms with Crippen molar-refractivity contribution in [3.8, 4) is 0 Å². The number of nitrogens with one attached hydrogen (secondary N) is 1. The summed E-state index contributed by atoms with van der Waals surface area (Å²) in [5, 5.41) is 3.55. The van der Waals surface area contributed by atoms with Crippen LogP contribution < -0.4 is 11.1 Å². The second-order valence-corrected chi connectivity index (χ2v) is 5.84. The first-order valence-electron chi connectivity index (χ1n) is 7.93. The predicted octanol–water partition coefficient (Wildman–Crippen LogP) is 4.67. The molecule has 0 aliphatic rings. The van der Waals surface area contributed by atoms with Gasteiger partial charge in [0, 0.05) is 13.0 Å². The fourth-order valence-electron chi connectivity index (χ4n) is 2.78. The zero-order chi connectivity index (χ0) is 16.0. The van der Waals surface area contributed by atoms with E-state index in [1.54, 1.807) is 0 Å². The van der Waals surface area contributed by atoms with Gasteiger partial charge >= 0.3 is 0 Å². The maximum absolute atomic E-state index is 6.79. The van der Waals surface area contributed by atoms with Crippen LogP contribution in [0.1, 0.15) is 16.7 Å². The summed E-state index contributed by atoms with van der Waals surface area (Å²) in [4.78, 5) is 0. The van der Waals surface area contributed by atoms with E-state index in [9.17, 15) is 0 Å². The molecular weight excluding hydrogens is 351 g/mol. The quantitative estimate of drug-likeness (QED) is 0.615. The molecule has 1 unspecified atom stereocenters. The smallest absolute Gasteiger partial charge is 0.0968 e. The minimum Gasteiger partial charge on any atom is -0.309 e. The Kier molecular flexibility index (Phi) is 8.67. The third-order valence-electron chi connectivity index (χ3n) is 4.07. The average Bonchev–Trinajstić information content (AvgIpc) is 2.63. The normalized spacial score (nSPS) is 12.4. The molecule has 2 nitrogen and oxygen atoms in total.